The molecule has 2 aromatic rings. The Balaban J connectivity index is 1.94. The molecule has 6 nitrogen and oxygen atoms in total. The first-order valence-electron chi connectivity index (χ1n) is 9.52. The lowest BCUT2D eigenvalue weighted by Crippen LogP contribution is -2.36. The third kappa shape index (κ3) is 7.12. The number of ether oxygens (including phenoxy) is 3. The summed E-state index contributed by atoms with van der Waals surface area (Å²) in [7, 11) is 3.36. The molecule has 2 aromatic carbocycles. The smallest absolute Gasteiger partial charge is 0.191 e. The van der Waals surface area contributed by atoms with E-state index in [-0.39, 0.29) is 0 Å². The van der Waals surface area contributed by atoms with Gasteiger partial charge in [-0.05, 0) is 43.2 Å². The number of benzene rings is 2. The average molecular weight is 386 g/mol. The highest BCUT2D eigenvalue weighted by Gasteiger charge is 2.05. The van der Waals surface area contributed by atoms with E-state index < -0.39 is 0 Å². The van der Waals surface area contributed by atoms with E-state index >= 15 is 0 Å². The molecule has 6 heteroatoms. The number of rotatable bonds is 10. The quantitative estimate of drug-likeness (QED) is 0.373. The molecule has 0 atom stereocenters. The third-order valence-electron chi connectivity index (χ3n) is 4.13. The molecule has 0 aliphatic rings. The first kappa shape index (κ1) is 21.6. The van der Waals surface area contributed by atoms with Crippen molar-refractivity contribution in [2.45, 2.75) is 26.9 Å². The topological polar surface area (TPSA) is 64.1 Å². The molecule has 152 valence electrons. The fraction of sp³-hybridized carbons (Fsp3) is 0.409. The van der Waals surface area contributed by atoms with Crippen molar-refractivity contribution in [1.29, 1.82) is 0 Å². The summed E-state index contributed by atoms with van der Waals surface area (Å²) in [6, 6.07) is 14.2. The van der Waals surface area contributed by atoms with Crippen molar-refractivity contribution in [1.82, 2.24) is 10.6 Å². The van der Waals surface area contributed by atoms with Gasteiger partial charge in [0.25, 0.3) is 0 Å². The van der Waals surface area contributed by atoms with Crippen LogP contribution >= 0.6 is 0 Å². The molecular formula is C22H31N3O3. The molecule has 0 spiro atoms. The number of hydrogen-bond donors (Lipinski definition) is 2. The van der Waals surface area contributed by atoms with Crippen molar-refractivity contribution in [3.05, 3.63) is 59.2 Å². The molecule has 0 saturated heterocycles. The second kappa shape index (κ2) is 11.9. The summed E-state index contributed by atoms with van der Waals surface area (Å²) in [4.78, 5) is 4.67. The normalized spacial score (nSPS) is 11.2. The van der Waals surface area contributed by atoms with Gasteiger partial charge in [0.1, 0.15) is 18.1 Å². The van der Waals surface area contributed by atoms with Gasteiger partial charge in [0.2, 0.25) is 0 Å². The van der Waals surface area contributed by atoms with Crippen LogP contribution in [0, 0.1) is 6.92 Å². The van der Waals surface area contributed by atoms with E-state index in [0.717, 1.165) is 35.1 Å². The Kier molecular flexibility index (Phi) is 9.15. The minimum atomic E-state index is 0.547. The van der Waals surface area contributed by atoms with E-state index in [1.165, 1.54) is 5.56 Å². The molecule has 0 heterocycles. The fourth-order valence-electron chi connectivity index (χ4n) is 2.62. The highest BCUT2D eigenvalue weighted by Crippen LogP contribution is 2.19. The molecule has 0 unspecified atom stereocenters. The van der Waals surface area contributed by atoms with Crippen LogP contribution in [-0.4, -0.2) is 39.9 Å². The molecule has 2 rings (SSSR count). The number of hydrogen-bond acceptors (Lipinski definition) is 4. The SMILES string of the molecule is CCNC(=NCc1ccc(OCCOC)cc1)NCc1ccc(C)cc1OC. The van der Waals surface area contributed by atoms with Crippen LogP contribution in [-0.2, 0) is 17.8 Å². The summed E-state index contributed by atoms with van der Waals surface area (Å²) in [6.45, 7) is 7.25. The number of aliphatic imine (C=N–C) groups is 1. The predicted molar refractivity (Wildman–Crippen MR) is 113 cm³/mol. The zero-order valence-electron chi connectivity index (χ0n) is 17.2. The van der Waals surface area contributed by atoms with E-state index in [1.807, 2.05) is 30.3 Å². The molecule has 0 fully saturated rings. The molecule has 0 aromatic heterocycles. The summed E-state index contributed by atoms with van der Waals surface area (Å²) in [6.07, 6.45) is 0. The van der Waals surface area contributed by atoms with Gasteiger partial charge in [0, 0.05) is 25.8 Å². The standard InChI is InChI=1S/C22H31N3O3/c1-5-23-22(25-16-19-9-6-17(2)14-21(19)27-4)24-15-18-7-10-20(11-8-18)28-13-12-26-3/h6-11,14H,5,12-13,15-16H2,1-4H3,(H2,23,24,25). The first-order chi connectivity index (χ1) is 13.7. The minimum absolute atomic E-state index is 0.547. The van der Waals surface area contributed by atoms with Crippen molar-refractivity contribution in [2.24, 2.45) is 4.99 Å². The Hall–Kier alpha value is -2.73. The van der Waals surface area contributed by atoms with Crippen LogP contribution in [0.4, 0.5) is 0 Å². The summed E-state index contributed by atoms with van der Waals surface area (Å²) >= 11 is 0. The van der Waals surface area contributed by atoms with E-state index in [4.69, 9.17) is 14.2 Å². The fourth-order valence-corrected chi connectivity index (χ4v) is 2.62. The summed E-state index contributed by atoms with van der Waals surface area (Å²) in [5, 5.41) is 6.64. The van der Waals surface area contributed by atoms with Gasteiger partial charge in [-0.3, -0.25) is 0 Å². The van der Waals surface area contributed by atoms with Crippen LogP contribution in [0.15, 0.2) is 47.5 Å². The second-order valence-electron chi connectivity index (χ2n) is 6.35. The van der Waals surface area contributed by atoms with E-state index in [0.29, 0.717) is 26.3 Å². The van der Waals surface area contributed by atoms with Gasteiger partial charge in [0.15, 0.2) is 5.96 Å². The first-order valence-corrected chi connectivity index (χ1v) is 9.52. The van der Waals surface area contributed by atoms with Gasteiger partial charge in [-0.25, -0.2) is 4.99 Å². The number of methoxy groups -OCH3 is 2. The molecule has 28 heavy (non-hydrogen) atoms. The van der Waals surface area contributed by atoms with Crippen molar-refractivity contribution in [2.75, 3.05) is 34.0 Å². The van der Waals surface area contributed by atoms with Gasteiger partial charge in [-0.2, -0.15) is 0 Å². The van der Waals surface area contributed by atoms with Gasteiger partial charge in [0.05, 0.1) is 20.3 Å². The van der Waals surface area contributed by atoms with Gasteiger partial charge in [-0.1, -0.05) is 24.3 Å². The van der Waals surface area contributed by atoms with E-state index in [2.05, 4.69) is 41.6 Å². The maximum absolute atomic E-state index is 5.59. The van der Waals surface area contributed by atoms with Crippen LogP contribution < -0.4 is 20.1 Å². The Morgan fingerprint density at radius 3 is 2.46 bits per heavy atom. The second-order valence-corrected chi connectivity index (χ2v) is 6.35. The molecule has 0 bridgehead atoms. The van der Waals surface area contributed by atoms with Gasteiger partial charge in [-0.15, -0.1) is 0 Å². The lowest BCUT2D eigenvalue weighted by atomic mass is 10.1. The number of aryl methyl sites for hydroxylation is 1. The lowest BCUT2D eigenvalue weighted by molar-refractivity contribution is 0.146. The Labute approximate surface area is 167 Å². The summed E-state index contributed by atoms with van der Waals surface area (Å²) < 4.78 is 16.0. The van der Waals surface area contributed by atoms with Gasteiger partial charge < -0.3 is 24.8 Å². The number of guanidine groups is 1. The largest absolute Gasteiger partial charge is 0.496 e. The van der Waals surface area contributed by atoms with Crippen molar-refractivity contribution < 1.29 is 14.2 Å². The van der Waals surface area contributed by atoms with Crippen LogP contribution in [0.3, 0.4) is 0 Å². The molecule has 0 saturated carbocycles. The average Bonchev–Trinajstić information content (AvgIpc) is 2.71. The monoisotopic (exact) mass is 385 g/mol. The maximum Gasteiger partial charge on any atom is 0.191 e. The molecule has 0 aliphatic carbocycles. The third-order valence-corrected chi connectivity index (χ3v) is 4.13. The molecular weight excluding hydrogens is 354 g/mol. The van der Waals surface area contributed by atoms with Crippen LogP contribution in [0.1, 0.15) is 23.6 Å². The van der Waals surface area contributed by atoms with Crippen LogP contribution in [0.25, 0.3) is 0 Å². The molecule has 2 N–H and O–H groups in total. The van der Waals surface area contributed by atoms with E-state index in [9.17, 15) is 0 Å². The van der Waals surface area contributed by atoms with Crippen molar-refractivity contribution in [3.63, 3.8) is 0 Å². The van der Waals surface area contributed by atoms with Crippen LogP contribution in [0.5, 0.6) is 11.5 Å². The van der Waals surface area contributed by atoms with Crippen molar-refractivity contribution >= 4 is 5.96 Å². The lowest BCUT2D eigenvalue weighted by Gasteiger charge is -2.14. The summed E-state index contributed by atoms with van der Waals surface area (Å²) in [5.41, 5.74) is 3.39. The molecule has 0 amide bonds. The van der Waals surface area contributed by atoms with E-state index in [1.54, 1.807) is 14.2 Å². The van der Waals surface area contributed by atoms with Gasteiger partial charge >= 0.3 is 0 Å². The minimum Gasteiger partial charge on any atom is -0.496 e. The molecule has 0 aliphatic heterocycles. The van der Waals surface area contributed by atoms with Crippen molar-refractivity contribution in [3.8, 4) is 11.5 Å². The Morgan fingerprint density at radius 1 is 1.00 bits per heavy atom. The maximum atomic E-state index is 5.59. The highest BCUT2D eigenvalue weighted by molar-refractivity contribution is 5.79. The zero-order valence-corrected chi connectivity index (χ0v) is 17.2. The Morgan fingerprint density at radius 2 is 1.79 bits per heavy atom. The Bertz CT molecular complexity index is 745. The molecule has 0 radical (unpaired) electrons. The number of nitrogens with one attached hydrogen (secondary N) is 2. The van der Waals surface area contributed by atoms with Crippen LogP contribution in [0.2, 0.25) is 0 Å². The predicted octanol–water partition coefficient (Wildman–Crippen LogP) is 3.28. The number of nitrogens with zero attached hydrogens (tertiary/aromatic N) is 1. The zero-order chi connectivity index (χ0) is 20.2. The summed E-state index contributed by atoms with van der Waals surface area (Å²) in [5.74, 6) is 2.49. The highest BCUT2D eigenvalue weighted by atomic mass is 16.5.